The molecule has 0 aliphatic rings. The highest BCUT2D eigenvalue weighted by Gasteiger charge is 2.12. The highest BCUT2D eigenvalue weighted by atomic mass is 127. The maximum atomic E-state index is 5.47. The number of guanidine groups is 1. The molecule has 8 heteroatoms. The van der Waals surface area contributed by atoms with E-state index in [4.69, 9.17) is 9.47 Å². The Bertz CT molecular complexity index is 721. The second kappa shape index (κ2) is 11.2. The lowest BCUT2D eigenvalue weighted by atomic mass is 10.2. The molecular weight excluding hydrogens is 463 g/mol. The summed E-state index contributed by atoms with van der Waals surface area (Å²) in [4.78, 5) is 12.1. The monoisotopic (exact) mass is 490 g/mol. The number of hydrogen-bond acceptors (Lipinski definition) is 5. The molecule has 1 aromatic heterocycles. The fourth-order valence-corrected chi connectivity index (χ4v) is 3.25. The third kappa shape index (κ3) is 6.01. The van der Waals surface area contributed by atoms with Gasteiger partial charge >= 0.3 is 0 Å². The molecule has 0 saturated heterocycles. The molecule has 2 rings (SSSR count). The molecule has 0 bridgehead atoms. The first-order valence-electron chi connectivity index (χ1n) is 8.17. The lowest BCUT2D eigenvalue weighted by molar-refractivity contribution is 0.382. The smallest absolute Gasteiger partial charge is 0.194 e. The van der Waals surface area contributed by atoms with E-state index in [9.17, 15) is 0 Å². The number of aryl methyl sites for hydroxylation is 1. The van der Waals surface area contributed by atoms with Crippen molar-refractivity contribution in [2.75, 3.05) is 28.3 Å². The highest BCUT2D eigenvalue weighted by molar-refractivity contribution is 14.0. The van der Waals surface area contributed by atoms with Crippen molar-refractivity contribution in [1.82, 2.24) is 15.2 Å². The number of hydrogen-bond donors (Lipinski definition) is 1. The maximum absolute atomic E-state index is 5.47. The molecule has 0 atom stereocenters. The van der Waals surface area contributed by atoms with Crippen LogP contribution in [0.4, 0.5) is 0 Å². The number of halogens is 1. The highest BCUT2D eigenvalue weighted by Crippen LogP contribution is 2.25. The summed E-state index contributed by atoms with van der Waals surface area (Å²) in [6.07, 6.45) is 2.96. The zero-order chi connectivity index (χ0) is 18.2. The first kappa shape index (κ1) is 22.5. The molecule has 26 heavy (non-hydrogen) atoms. The Hall–Kier alpha value is -1.55. The van der Waals surface area contributed by atoms with Gasteiger partial charge in [0.1, 0.15) is 16.5 Å². The lowest BCUT2D eigenvalue weighted by Crippen LogP contribution is -2.38. The van der Waals surface area contributed by atoms with E-state index < -0.39 is 0 Å². The Kier molecular flexibility index (Phi) is 9.71. The summed E-state index contributed by atoms with van der Waals surface area (Å²) in [6, 6.07) is 5.83. The van der Waals surface area contributed by atoms with Crippen molar-refractivity contribution in [3.8, 4) is 11.5 Å². The van der Waals surface area contributed by atoms with Crippen LogP contribution in [0.5, 0.6) is 11.5 Å². The van der Waals surface area contributed by atoms with Gasteiger partial charge in [0.05, 0.1) is 20.8 Å². The Morgan fingerprint density at radius 3 is 2.65 bits per heavy atom. The van der Waals surface area contributed by atoms with Crippen molar-refractivity contribution in [1.29, 1.82) is 0 Å². The molecule has 1 heterocycles. The van der Waals surface area contributed by atoms with Crippen molar-refractivity contribution in [2.24, 2.45) is 4.99 Å². The van der Waals surface area contributed by atoms with Gasteiger partial charge in [0.2, 0.25) is 0 Å². The number of nitrogens with one attached hydrogen (secondary N) is 1. The van der Waals surface area contributed by atoms with Crippen LogP contribution >= 0.6 is 35.3 Å². The van der Waals surface area contributed by atoms with Crippen LogP contribution in [-0.4, -0.2) is 44.2 Å². The number of nitrogens with zero attached hydrogens (tertiary/aromatic N) is 3. The lowest BCUT2D eigenvalue weighted by Gasteiger charge is -2.23. The molecule has 1 N–H and O–H groups in total. The van der Waals surface area contributed by atoms with Gasteiger partial charge in [-0.2, -0.15) is 0 Å². The van der Waals surface area contributed by atoms with Crippen molar-refractivity contribution in [3.05, 3.63) is 39.8 Å². The number of benzene rings is 1. The van der Waals surface area contributed by atoms with Crippen LogP contribution < -0.4 is 14.8 Å². The SMILES string of the molecule is CCc1cnc(CNC(=NC)N(C)Cc2ccc(OC)cc2OC)s1.I. The molecule has 2 aromatic rings. The Morgan fingerprint density at radius 2 is 2.08 bits per heavy atom. The van der Waals surface area contributed by atoms with Gasteiger partial charge in [0.25, 0.3) is 0 Å². The third-order valence-corrected chi connectivity index (χ3v) is 4.96. The van der Waals surface area contributed by atoms with Gasteiger partial charge in [0.15, 0.2) is 5.96 Å². The van der Waals surface area contributed by atoms with Gasteiger partial charge in [-0.3, -0.25) is 4.99 Å². The van der Waals surface area contributed by atoms with Gasteiger partial charge in [-0.25, -0.2) is 4.98 Å². The fourth-order valence-electron chi connectivity index (χ4n) is 2.45. The largest absolute Gasteiger partial charge is 0.497 e. The second-order valence-electron chi connectivity index (χ2n) is 5.51. The van der Waals surface area contributed by atoms with E-state index in [1.165, 1.54) is 4.88 Å². The van der Waals surface area contributed by atoms with Crippen molar-refractivity contribution in [2.45, 2.75) is 26.4 Å². The van der Waals surface area contributed by atoms with Crippen molar-refractivity contribution >= 4 is 41.3 Å². The minimum Gasteiger partial charge on any atom is -0.497 e. The standard InChI is InChI=1S/C18H26N4O2S.HI/c1-6-15-10-20-17(25-15)11-21-18(19-2)22(3)12-13-7-8-14(23-4)9-16(13)24-5;/h7-10H,6,11-12H2,1-5H3,(H,19,21);1H. The van der Waals surface area contributed by atoms with Gasteiger partial charge in [-0.05, 0) is 18.6 Å². The summed E-state index contributed by atoms with van der Waals surface area (Å²) in [7, 11) is 7.09. The van der Waals surface area contributed by atoms with E-state index in [0.717, 1.165) is 34.5 Å². The number of aromatic nitrogens is 1. The average molecular weight is 490 g/mol. The summed E-state index contributed by atoms with van der Waals surface area (Å²) in [5.41, 5.74) is 1.07. The molecule has 0 aliphatic carbocycles. The maximum Gasteiger partial charge on any atom is 0.194 e. The van der Waals surface area contributed by atoms with E-state index in [1.807, 2.05) is 31.4 Å². The molecule has 144 valence electrons. The zero-order valence-corrected chi connectivity index (χ0v) is 19.1. The molecule has 6 nitrogen and oxygen atoms in total. The van der Waals surface area contributed by atoms with Gasteiger partial charge in [-0.1, -0.05) is 6.92 Å². The summed E-state index contributed by atoms with van der Waals surface area (Å²) in [5, 5.41) is 4.42. The first-order chi connectivity index (χ1) is 12.1. The molecule has 0 amide bonds. The predicted octanol–water partition coefficient (Wildman–Crippen LogP) is 3.55. The summed E-state index contributed by atoms with van der Waals surface area (Å²) in [5.74, 6) is 2.39. The van der Waals surface area contributed by atoms with E-state index in [2.05, 4.69) is 27.1 Å². The topological polar surface area (TPSA) is 59.0 Å². The van der Waals surface area contributed by atoms with Crippen LogP contribution in [0.2, 0.25) is 0 Å². The average Bonchev–Trinajstić information content (AvgIpc) is 3.10. The van der Waals surface area contributed by atoms with Crippen molar-refractivity contribution in [3.63, 3.8) is 0 Å². The van der Waals surface area contributed by atoms with Crippen LogP contribution in [-0.2, 0) is 19.5 Å². The van der Waals surface area contributed by atoms with Crippen LogP contribution in [0.1, 0.15) is 22.4 Å². The van der Waals surface area contributed by atoms with Crippen LogP contribution in [0, 0.1) is 0 Å². The number of aliphatic imine (C=N–C) groups is 1. The minimum atomic E-state index is 0. The second-order valence-corrected chi connectivity index (χ2v) is 6.71. The molecule has 0 unspecified atom stereocenters. The van der Waals surface area contributed by atoms with Crippen LogP contribution in [0.15, 0.2) is 29.4 Å². The molecule has 0 aliphatic heterocycles. The molecule has 0 saturated carbocycles. The van der Waals surface area contributed by atoms with Crippen molar-refractivity contribution < 1.29 is 9.47 Å². The number of thiazole rings is 1. The molecule has 1 aromatic carbocycles. The molecule has 0 fully saturated rings. The number of ether oxygens (including phenoxy) is 2. The minimum absolute atomic E-state index is 0. The Balaban J connectivity index is 0.00000338. The predicted molar refractivity (Wildman–Crippen MR) is 118 cm³/mol. The Morgan fingerprint density at radius 1 is 1.31 bits per heavy atom. The Labute approximate surface area is 176 Å². The molecule has 0 spiro atoms. The summed E-state index contributed by atoms with van der Waals surface area (Å²) >= 11 is 1.73. The summed E-state index contributed by atoms with van der Waals surface area (Å²) < 4.78 is 10.7. The fraction of sp³-hybridized carbons (Fsp3) is 0.444. The first-order valence-corrected chi connectivity index (χ1v) is 8.99. The number of rotatable bonds is 7. The van der Waals surface area contributed by atoms with Crippen LogP contribution in [0.3, 0.4) is 0 Å². The zero-order valence-electron chi connectivity index (χ0n) is 15.9. The van der Waals surface area contributed by atoms with E-state index in [1.54, 1.807) is 32.6 Å². The van der Waals surface area contributed by atoms with E-state index in [-0.39, 0.29) is 24.0 Å². The molecule has 0 radical (unpaired) electrons. The van der Waals surface area contributed by atoms with E-state index >= 15 is 0 Å². The third-order valence-electron chi connectivity index (χ3n) is 3.82. The quantitative estimate of drug-likeness (QED) is 0.366. The van der Waals surface area contributed by atoms with Gasteiger partial charge in [-0.15, -0.1) is 35.3 Å². The van der Waals surface area contributed by atoms with Gasteiger partial charge < -0.3 is 19.7 Å². The van der Waals surface area contributed by atoms with E-state index in [0.29, 0.717) is 13.1 Å². The summed E-state index contributed by atoms with van der Waals surface area (Å²) in [6.45, 7) is 3.48. The van der Waals surface area contributed by atoms with Gasteiger partial charge in [0, 0.05) is 43.3 Å². The normalized spacial score (nSPS) is 10.9. The molecular formula is C18H27IN4O2S. The number of methoxy groups -OCH3 is 2. The van der Waals surface area contributed by atoms with Crippen LogP contribution in [0.25, 0.3) is 0 Å².